The van der Waals surface area contributed by atoms with E-state index in [0.717, 1.165) is 19.4 Å². The summed E-state index contributed by atoms with van der Waals surface area (Å²) in [4.78, 5) is 0. The highest BCUT2D eigenvalue weighted by Gasteiger charge is 2.17. The quantitative estimate of drug-likeness (QED) is 0.678. The van der Waals surface area contributed by atoms with E-state index >= 15 is 0 Å². The number of aliphatic hydroxyl groups is 1. The standard InChI is InChI=1S/C12H24N2O/c1-10(2)7-11(8-15)14-6-5-12(3,4)9-13/h10-11,14-15H,5-8H2,1-4H3. The molecule has 0 aliphatic heterocycles. The van der Waals surface area contributed by atoms with Gasteiger partial charge in [0.2, 0.25) is 0 Å². The summed E-state index contributed by atoms with van der Waals surface area (Å²) in [7, 11) is 0. The minimum Gasteiger partial charge on any atom is -0.395 e. The van der Waals surface area contributed by atoms with Gasteiger partial charge in [0.05, 0.1) is 18.1 Å². The molecule has 15 heavy (non-hydrogen) atoms. The van der Waals surface area contributed by atoms with Crippen molar-refractivity contribution in [3.8, 4) is 6.07 Å². The molecular formula is C12H24N2O. The van der Waals surface area contributed by atoms with Gasteiger partial charge in [0.1, 0.15) is 0 Å². The maximum absolute atomic E-state index is 9.13. The summed E-state index contributed by atoms with van der Waals surface area (Å²) in [5.74, 6) is 0.582. The molecule has 0 aromatic heterocycles. The Morgan fingerprint density at radius 3 is 2.40 bits per heavy atom. The second kappa shape index (κ2) is 6.81. The Morgan fingerprint density at radius 2 is 2.00 bits per heavy atom. The summed E-state index contributed by atoms with van der Waals surface area (Å²) in [6, 6.07) is 2.44. The summed E-state index contributed by atoms with van der Waals surface area (Å²) >= 11 is 0. The summed E-state index contributed by atoms with van der Waals surface area (Å²) in [6.45, 7) is 9.12. The van der Waals surface area contributed by atoms with Crippen LogP contribution in [0.1, 0.15) is 40.5 Å². The van der Waals surface area contributed by atoms with Crippen molar-refractivity contribution >= 4 is 0 Å². The molecule has 0 aromatic rings. The minimum absolute atomic E-state index is 0.166. The topological polar surface area (TPSA) is 56.0 Å². The van der Waals surface area contributed by atoms with E-state index in [1.165, 1.54) is 0 Å². The van der Waals surface area contributed by atoms with Crippen LogP contribution >= 0.6 is 0 Å². The molecule has 0 aliphatic rings. The molecule has 0 aromatic carbocycles. The molecule has 0 heterocycles. The number of nitriles is 1. The molecule has 0 aliphatic carbocycles. The molecular weight excluding hydrogens is 188 g/mol. The van der Waals surface area contributed by atoms with Crippen molar-refractivity contribution in [1.82, 2.24) is 5.32 Å². The maximum Gasteiger partial charge on any atom is 0.0684 e. The van der Waals surface area contributed by atoms with Gasteiger partial charge in [0, 0.05) is 6.04 Å². The predicted molar refractivity (Wildman–Crippen MR) is 62.3 cm³/mol. The summed E-state index contributed by atoms with van der Waals surface area (Å²) < 4.78 is 0. The van der Waals surface area contributed by atoms with Gasteiger partial charge in [-0.1, -0.05) is 13.8 Å². The van der Waals surface area contributed by atoms with Crippen molar-refractivity contribution in [3.63, 3.8) is 0 Å². The third-order valence-electron chi connectivity index (χ3n) is 2.46. The van der Waals surface area contributed by atoms with Crippen LogP contribution in [-0.4, -0.2) is 24.3 Å². The molecule has 0 saturated carbocycles. The Labute approximate surface area is 93.5 Å². The van der Waals surface area contributed by atoms with Crippen LogP contribution in [0.3, 0.4) is 0 Å². The van der Waals surface area contributed by atoms with Crippen molar-refractivity contribution in [2.24, 2.45) is 11.3 Å². The van der Waals surface area contributed by atoms with Crippen molar-refractivity contribution < 1.29 is 5.11 Å². The molecule has 0 rings (SSSR count). The molecule has 1 unspecified atom stereocenters. The van der Waals surface area contributed by atoms with Crippen LogP contribution in [0.25, 0.3) is 0 Å². The highest BCUT2D eigenvalue weighted by Crippen LogP contribution is 2.17. The van der Waals surface area contributed by atoms with E-state index in [9.17, 15) is 0 Å². The number of hydrogen-bond acceptors (Lipinski definition) is 3. The zero-order chi connectivity index (χ0) is 11.9. The van der Waals surface area contributed by atoms with E-state index in [1.807, 2.05) is 13.8 Å². The summed E-state index contributed by atoms with van der Waals surface area (Å²) in [6.07, 6.45) is 1.79. The Kier molecular flexibility index (Phi) is 6.55. The molecule has 0 bridgehead atoms. The molecule has 3 nitrogen and oxygen atoms in total. The largest absolute Gasteiger partial charge is 0.395 e. The Hall–Kier alpha value is -0.590. The zero-order valence-electron chi connectivity index (χ0n) is 10.4. The second-order valence-corrected chi connectivity index (χ2v) is 5.21. The average Bonchev–Trinajstić information content (AvgIpc) is 2.15. The van der Waals surface area contributed by atoms with Gasteiger partial charge >= 0.3 is 0 Å². The summed E-state index contributed by atoms with van der Waals surface area (Å²) in [5, 5.41) is 21.3. The Balaban J connectivity index is 3.78. The van der Waals surface area contributed by atoms with Gasteiger partial charge in [-0.2, -0.15) is 5.26 Å². The molecule has 0 radical (unpaired) electrons. The lowest BCUT2D eigenvalue weighted by atomic mass is 9.91. The number of nitrogens with zero attached hydrogens (tertiary/aromatic N) is 1. The normalized spacial score (nSPS) is 13.9. The van der Waals surface area contributed by atoms with E-state index in [2.05, 4.69) is 25.2 Å². The number of hydrogen-bond donors (Lipinski definition) is 2. The number of rotatable bonds is 7. The fraction of sp³-hybridized carbons (Fsp3) is 0.917. The molecule has 1 atom stereocenters. The summed E-state index contributed by atoms with van der Waals surface area (Å²) in [5.41, 5.74) is -0.273. The first-order valence-corrected chi connectivity index (χ1v) is 5.67. The Morgan fingerprint density at radius 1 is 1.40 bits per heavy atom. The van der Waals surface area contributed by atoms with Gasteiger partial charge in [0.15, 0.2) is 0 Å². The lowest BCUT2D eigenvalue weighted by molar-refractivity contribution is 0.221. The van der Waals surface area contributed by atoms with Crippen LogP contribution in [0.15, 0.2) is 0 Å². The van der Waals surface area contributed by atoms with Crippen LogP contribution in [0, 0.1) is 22.7 Å². The monoisotopic (exact) mass is 212 g/mol. The molecule has 0 fully saturated rings. The number of aliphatic hydroxyl groups excluding tert-OH is 1. The van der Waals surface area contributed by atoms with E-state index in [4.69, 9.17) is 10.4 Å². The van der Waals surface area contributed by atoms with E-state index in [-0.39, 0.29) is 18.1 Å². The molecule has 0 saturated heterocycles. The van der Waals surface area contributed by atoms with Crippen LogP contribution in [0.4, 0.5) is 0 Å². The van der Waals surface area contributed by atoms with Gasteiger partial charge in [-0.15, -0.1) is 0 Å². The van der Waals surface area contributed by atoms with E-state index in [0.29, 0.717) is 5.92 Å². The van der Waals surface area contributed by atoms with Gasteiger partial charge < -0.3 is 10.4 Å². The van der Waals surface area contributed by atoms with Gasteiger partial charge in [-0.3, -0.25) is 0 Å². The van der Waals surface area contributed by atoms with Crippen molar-refractivity contribution in [2.75, 3.05) is 13.2 Å². The Bertz CT molecular complexity index is 206. The lowest BCUT2D eigenvalue weighted by Gasteiger charge is -2.21. The minimum atomic E-state index is -0.273. The first-order valence-electron chi connectivity index (χ1n) is 5.67. The predicted octanol–water partition coefficient (Wildman–Crippen LogP) is 1.92. The number of nitrogens with one attached hydrogen (secondary N) is 1. The van der Waals surface area contributed by atoms with Crippen molar-refractivity contribution in [1.29, 1.82) is 5.26 Å². The van der Waals surface area contributed by atoms with Gasteiger partial charge in [-0.25, -0.2) is 0 Å². The highest BCUT2D eigenvalue weighted by molar-refractivity contribution is 4.92. The van der Waals surface area contributed by atoms with Crippen molar-refractivity contribution in [3.05, 3.63) is 0 Å². The van der Waals surface area contributed by atoms with Gasteiger partial charge in [0.25, 0.3) is 0 Å². The lowest BCUT2D eigenvalue weighted by Crippen LogP contribution is -2.35. The smallest absolute Gasteiger partial charge is 0.0684 e. The molecule has 0 spiro atoms. The van der Waals surface area contributed by atoms with E-state index < -0.39 is 0 Å². The average molecular weight is 212 g/mol. The van der Waals surface area contributed by atoms with Gasteiger partial charge in [-0.05, 0) is 39.2 Å². The van der Waals surface area contributed by atoms with Crippen LogP contribution < -0.4 is 5.32 Å². The first-order chi connectivity index (χ1) is 6.91. The SMILES string of the molecule is CC(C)CC(CO)NCCC(C)(C)C#N. The van der Waals surface area contributed by atoms with Crippen molar-refractivity contribution in [2.45, 2.75) is 46.6 Å². The second-order valence-electron chi connectivity index (χ2n) is 5.21. The van der Waals surface area contributed by atoms with Crippen LogP contribution in [-0.2, 0) is 0 Å². The van der Waals surface area contributed by atoms with E-state index in [1.54, 1.807) is 0 Å². The zero-order valence-corrected chi connectivity index (χ0v) is 10.4. The van der Waals surface area contributed by atoms with Crippen LogP contribution in [0.5, 0.6) is 0 Å². The third-order valence-corrected chi connectivity index (χ3v) is 2.46. The fourth-order valence-corrected chi connectivity index (χ4v) is 1.44. The maximum atomic E-state index is 9.13. The van der Waals surface area contributed by atoms with Crippen LogP contribution in [0.2, 0.25) is 0 Å². The molecule has 88 valence electrons. The first kappa shape index (κ1) is 14.4. The highest BCUT2D eigenvalue weighted by atomic mass is 16.3. The molecule has 2 N–H and O–H groups in total. The molecule has 0 amide bonds. The fourth-order valence-electron chi connectivity index (χ4n) is 1.44. The molecule has 3 heteroatoms. The third kappa shape index (κ3) is 7.35.